The standard InChI is InChI=1S/C15H17ClN2O2S/c1-9-4-5-12(16)14(6-9)18-21(19,20)15-8-11(3)10(2)7-13(15)17/h4-8,18H,17H2,1-3H3. The minimum Gasteiger partial charge on any atom is -0.398 e. The first-order chi connectivity index (χ1) is 9.70. The molecule has 0 aliphatic carbocycles. The largest absolute Gasteiger partial charge is 0.398 e. The summed E-state index contributed by atoms with van der Waals surface area (Å²) in [6.07, 6.45) is 0. The van der Waals surface area contributed by atoms with Crippen LogP contribution in [0.15, 0.2) is 35.2 Å². The molecule has 6 heteroatoms. The summed E-state index contributed by atoms with van der Waals surface area (Å²) >= 11 is 6.03. The summed E-state index contributed by atoms with van der Waals surface area (Å²) in [6.45, 7) is 5.58. The van der Waals surface area contributed by atoms with Gasteiger partial charge in [-0.3, -0.25) is 4.72 Å². The molecule has 0 saturated heterocycles. The maximum absolute atomic E-state index is 12.5. The highest BCUT2D eigenvalue weighted by atomic mass is 35.5. The molecule has 4 nitrogen and oxygen atoms in total. The van der Waals surface area contributed by atoms with Gasteiger partial charge >= 0.3 is 0 Å². The van der Waals surface area contributed by atoms with E-state index in [0.717, 1.165) is 16.7 Å². The van der Waals surface area contributed by atoms with E-state index in [9.17, 15) is 8.42 Å². The number of sulfonamides is 1. The molecule has 2 aromatic carbocycles. The summed E-state index contributed by atoms with van der Waals surface area (Å²) in [5, 5.41) is 0.339. The highest BCUT2D eigenvalue weighted by Gasteiger charge is 2.19. The summed E-state index contributed by atoms with van der Waals surface area (Å²) in [7, 11) is -3.78. The van der Waals surface area contributed by atoms with Gasteiger partial charge in [0.25, 0.3) is 10.0 Å². The van der Waals surface area contributed by atoms with Gasteiger partial charge in [-0.05, 0) is 61.7 Å². The molecule has 0 spiro atoms. The van der Waals surface area contributed by atoms with Crippen molar-refractivity contribution in [3.8, 4) is 0 Å². The number of benzene rings is 2. The lowest BCUT2D eigenvalue weighted by Gasteiger charge is -2.13. The number of hydrogen-bond donors (Lipinski definition) is 2. The Bertz CT molecular complexity index is 802. The molecule has 0 aromatic heterocycles. The minimum absolute atomic E-state index is 0.0585. The van der Waals surface area contributed by atoms with Gasteiger partial charge in [-0.2, -0.15) is 0 Å². The van der Waals surface area contributed by atoms with Gasteiger partial charge in [-0.15, -0.1) is 0 Å². The van der Waals surface area contributed by atoms with Crippen molar-refractivity contribution in [2.75, 3.05) is 10.5 Å². The topological polar surface area (TPSA) is 72.2 Å². The van der Waals surface area contributed by atoms with Crippen LogP contribution < -0.4 is 10.5 Å². The van der Waals surface area contributed by atoms with Crippen LogP contribution >= 0.6 is 11.6 Å². The second-order valence-electron chi connectivity index (χ2n) is 5.06. The molecule has 0 atom stereocenters. The fourth-order valence-electron chi connectivity index (χ4n) is 1.96. The zero-order valence-corrected chi connectivity index (χ0v) is 13.6. The van der Waals surface area contributed by atoms with Gasteiger partial charge in [0.15, 0.2) is 0 Å². The van der Waals surface area contributed by atoms with Gasteiger partial charge in [0.2, 0.25) is 0 Å². The second-order valence-corrected chi connectivity index (χ2v) is 7.12. The van der Waals surface area contributed by atoms with Crippen molar-refractivity contribution < 1.29 is 8.42 Å². The van der Waals surface area contributed by atoms with E-state index in [0.29, 0.717) is 10.7 Å². The molecule has 0 aliphatic heterocycles. The summed E-state index contributed by atoms with van der Waals surface area (Å²) < 4.78 is 27.5. The first-order valence-corrected chi connectivity index (χ1v) is 8.22. The van der Waals surface area contributed by atoms with Crippen LogP contribution in [0.2, 0.25) is 5.02 Å². The Morgan fingerprint density at radius 1 is 1.05 bits per heavy atom. The molecule has 0 bridgehead atoms. The van der Waals surface area contributed by atoms with Gasteiger partial charge < -0.3 is 5.73 Å². The van der Waals surface area contributed by atoms with Gasteiger partial charge in [-0.1, -0.05) is 17.7 Å². The lowest BCUT2D eigenvalue weighted by Crippen LogP contribution is -2.15. The zero-order valence-electron chi connectivity index (χ0n) is 12.1. The molecule has 0 saturated carbocycles. The fourth-order valence-corrected chi connectivity index (χ4v) is 3.45. The average Bonchev–Trinajstić information content (AvgIpc) is 2.37. The Morgan fingerprint density at radius 3 is 2.33 bits per heavy atom. The van der Waals surface area contributed by atoms with E-state index < -0.39 is 10.0 Å². The van der Waals surface area contributed by atoms with E-state index in [1.54, 1.807) is 24.3 Å². The van der Waals surface area contributed by atoms with Crippen molar-refractivity contribution in [2.45, 2.75) is 25.7 Å². The third-order valence-electron chi connectivity index (χ3n) is 3.28. The minimum atomic E-state index is -3.78. The van der Waals surface area contributed by atoms with Gasteiger partial charge in [0, 0.05) is 0 Å². The second kappa shape index (κ2) is 5.58. The molecule has 0 unspecified atom stereocenters. The normalized spacial score (nSPS) is 11.4. The summed E-state index contributed by atoms with van der Waals surface area (Å²) in [6, 6.07) is 8.36. The lowest BCUT2D eigenvalue weighted by atomic mass is 10.1. The van der Waals surface area contributed by atoms with Gasteiger partial charge in [0.05, 0.1) is 16.4 Å². The molecule has 0 fully saturated rings. The van der Waals surface area contributed by atoms with E-state index >= 15 is 0 Å². The average molecular weight is 325 g/mol. The van der Waals surface area contributed by atoms with Gasteiger partial charge in [0.1, 0.15) is 4.90 Å². The van der Waals surface area contributed by atoms with Crippen molar-refractivity contribution in [3.05, 3.63) is 52.0 Å². The maximum atomic E-state index is 12.5. The Kier molecular flexibility index (Phi) is 4.16. The van der Waals surface area contributed by atoms with Crippen molar-refractivity contribution >= 4 is 33.0 Å². The van der Waals surface area contributed by atoms with E-state index in [2.05, 4.69) is 4.72 Å². The van der Waals surface area contributed by atoms with Crippen LogP contribution in [0, 0.1) is 20.8 Å². The number of nitrogens with one attached hydrogen (secondary N) is 1. The summed E-state index contributed by atoms with van der Waals surface area (Å²) in [4.78, 5) is 0.0585. The smallest absolute Gasteiger partial charge is 0.264 e. The summed E-state index contributed by atoms with van der Waals surface area (Å²) in [5.74, 6) is 0. The Balaban J connectivity index is 2.48. The fraction of sp³-hybridized carbons (Fsp3) is 0.200. The predicted molar refractivity (Wildman–Crippen MR) is 87.3 cm³/mol. The van der Waals surface area contributed by atoms with Crippen LogP contribution in [0.5, 0.6) is 0 Å². The van der Waals surface area contributed by atoms with Crippen LogP contribution in [0.4, 0.5) is 11.4 Å². The van der Waals surface area contributed by atoms with E-state index in [-0.39, 0.29) is 10.6 Å². The molecule has 0 radical (unpaired) electrons. The molecule has 0 amide bonds. The van der Waals surface area contributed by atoms with E-state index in [1.165, 1.54) is 0 Å². The third-order valence-corrected chi connectivity index (χ3v) is 5.03. The molecular weight excluding hydrogens is 308 g/mol. The highest BCUT2D eigenvalue weighted by molar-refractivity contribution is 7.92. The lowest BCUT2D eigenvalue weighted by molar-refractivity contribution is 0.601. The first kappa shape index (κ1) is 15.7. The molecule has 2 rings (SSSR count). The van der Waals surface area contributed by atoms with Crippen molar-refractivity contribution in [3.63, 3.8) is 0 Å². The molecule has 21 heavy (non-hydrogen) atoms. The molecular formula is C15H17ClN2O2S. The van der Waals surface area contributed by atoms with Crippen LogP contribution in [-0.2, 0) is 10.0 Å². The quantitative estimate of drug-likeness (QED) is 0.846. The number of rotatable bonds is 3. The molecule has 112 valence electrons. The van der Waals surface area contributed by atoms with Gasteiger partial charge in [-0.25, -0.2) is 8.42 Å². The summed E-state index contributed by atoms with van der Waals surface area (Å²) in [5.41, 5.74) is 9.12. The van der Waals surface area contributed by atoms with Crippen LogP contribution in [0.25, 0.3) is 0 Å². The Labute approximate surface area is 130 Å². The van der Waals surface area contributed by atoms with Crippen molar-refractivity contribution in [2.24, 2.45) is 0 Å². The maximum Gasteiger partial charge on any atom is 0.264 e. The molecule has 3 N–H and O–H groups in total. The molecule has 0 aliphatic rings. The molecule has 0 heterocycles. The predicted octanol–water partition coefficient (Wildman–Crippen LogP) is 3.65. The SMILES string of the molecule is Cc1ccc(Cl)c(NS(=O)(=O)c2cc(C)c(C)cc2N)c1. The number of nitrogens with two attached hydrogens (primary N) is 1. The third kappa shape index (κ3) is 3.31. The number of anilines is 2. The Morgan fingerprint density at radius 2 is 1.67 bits per heavy atom. The van der Waals surface area contributed by atoms with Crippen molar-refractivity contribution in [1.29, 1.82) is 0 Å². The van der Waals surface area contributed by atoms with Crippen LogP contribution in [0.1, 0.15) is 16.7 Å². The number of halogens is 1. The zero-order chi connectivity index (χ0) is 15.8. The highest BCUT2D eigenvalue weighted by Crippen LogP contribution is 2.28. The van der Waals surface area contributed by atoms with Crippen molar-refractivity contribution in [1.82, 2.24) is 0 Å². The van der Waals surface area contributed by atoms with E-state index in [1.807, 2.05) is 26.8 Å². The monoisotopic (exact) mass is 324 g/mol. The first-order valence-electron chi connectivity index (χ1n) is 6.36. The van der Waals surface area contributed by atoms with Crippen LogP contribution in [0.3, 0.4) is 0 Å². The number of nitrogen functional groups attached to an aromatic ring is 1. The van der Waals surface area contributed by atoms with E-state index in [4.69, 9.17) is 17.3 Å². The molecule has 2 aromatic rings. The number of hydrogen-bond acceptors (Lipinski definition) is 3. The van der Waals surface area contributed by atoms with Crippen LogP contribution in [-0.4, -0.2) is 8.42 Å². The number of aryl methyl sites for hydroxylation is 3. The Hall–Kier alpha value is -1.72.